The minimum absolute atomic E-state index is 0.0932. The first kappa shape index (κ1) is 24.7. The fourth-order valence-corrected chi connectivity index (χ4v) is 7.91. The number of rotatable bonds is 5. The van der Waals surface area contributed by atoms with Crippen molar-refractivity contribution in [3.63, 3.8) is 0 Å². The Morgan fingerprint density at radius 3 is 2.42 bits per heavy atom. The standard InChI is InChI=1S/C28H46O2Si/c1-20-11-10-12-21(19-20)13-14-22-23(29)15-16-24-27(5,6)25(17-18-28(22,24)7)30-31(8,9)26(2,3)4/h10-12,19,22,24-25H,13-18H2,1-9H3/t22-,24+,25+,28-/m1/s1. The van der Waals surface area contributed by atoms with Gasteiger partial charge in [-0.05, 0) is 79.5 Å². The number of benzene rings is 1. The summed E-state index contributed by atoms with van der Waals surface area (Å²) in [6, 6.07) is 8.79. The third kappa shape index (κ3) is 4.73. The zero-order chi connectivity index (χ0) is 23.2. The van der Waals surface area contributed by atoms with Gasteiger partial charge < -0.3 is 4.43 Å². The minimum atomic E-state index is -1.82. The Labute approximate surface area is 192 Å². The number of aryl methyl sites for hydroxylation is 2. The van der Waals surface area contributed by atoms with E-state index in [9.17, 15) is 4.79 Å². The fourth-order valence-electron chi connectivity index (χ4n) is 6.42. The summed E-state index contributed by atoms with van der Waals surface area (Å²) >= 11 is 0. The van der Waals surface area contributed by atoms with Gasteiger partial charge in [-0.3, -0.25) is 4.79 Å². The van der Waals surface area contributed by atoms with Crippen LogP contribution in [-0.2, 0) is 15.6 Å². The molecule has 0 aromatic heterocycles. The van der Waals surface area contributed by atoms with Gasteiger partial charge in [0.15, 0.2) is 8.32 Å². The van der Waals surface area contributed by atoms with Crippen LogP contribution in [0.1, 0.15) is 84.8 Å². The predicted octanol–water partition coefficient (Wildman–Crippen LogP) is 7.74. The Bertz CT molecular complexity index is 803. The van der Waals surface area contributed by atoms with Crippen LogP contribution in [0.2, 0.25) is 18.1 Å². The van der Waals surface area contributed by atoms with Gasteiger partial charge in [0, 0.05) is 12.3 Å². The highest BCUT2D eigenvalue weighted by Crippen LogP contribution is 2.61. The Morgan fingerprint density at radius 1 is 1.13 bits per heavy atom. The van der Waals surface area contributed by atoms with Gasteiger partial charge in [0.2, 0.25) is 0 Å². The van der Waals surface area contributed by atoms with E-state index in [1.54, 1.807) is 0 Å². The number of hydrogen-bond acceptors (Lipinski definition) is 2. The molecule has 2 nitrogen and oxygen atoms in total. The van der Waals surface area contributed by atoms with Crippen molar-refractivity contribution in [2.24, 2.45) is 22.7 Å². The second-order valence-corrected chi connectivity index (χ2v) is 17.6. The fraction of sp³-hybridized carbons (Fsp3) is 0.750. The maximum absolute atomic E-state index is 13.2. The predicted molar refractivity (Wildman–Crippen MR) is 134 cm³/mol. The van der Waals surface area contributed by atoms with Gasteiger partial charge in [0.25, 0.3) is 0 Å². The second kappa shape index (κ2) is 8.45. The average molecular weight is 443 g/mol. The highest BCUT2D eigenvalue weighted by molar-refractivity contribution is 6.74. The highest BCUT2D eigenvalue weighted by atomic mass is 28.4. The van der Waals surface area contributed by atoms with Crippen molar-refractivity contribution in [2.45, 2.75) is 111 Å². The molecule has 2 aliphatic rings. The lowest BCUT2D eigenvalue weighted by atomic mass is 9.47. The summed E-state index contributed by atoms with van der Waals surface area (Å²) in [7, 11) is -1.82. The molecular formula is C28H46O2Si. The van der Waals surface area contributed by atoms with Gasteiger partial charge >= 0.3 is 0 Å². The summed E-state index contributed by atoms with van der Waals surface area (Å²) in [5.74, 6) is 1.23. The zero-order valence-corrected chi connectivity index (χ0v) is 22.6. The van der Waals surface area contributed by atoms with Crippen LogP contribution < -0.4 is 0 Å². The number of hydrogen-bond donors (Lipinski definition) is 0. The number of carbonyl (C=O) groups excluding carboxylic acids is 1. The van der Waals surface area contributed by atoms with E-state index in [0.29, 0.717) is 17.8 Å². The van der Waals surface area contributed by atoms with Crippen molar-refractivity contribution in [1.29, 1.82) is 0 Å². The first-order valence-electron chi connectivity index (χ1n) is 12.4. The van der Waals surface area contributed by atoms with Crippen LogP contribution in [-0.4, -0.2) is 20.2 Å². The molecule has 0 heterocycles. The van der Waals surface area contributed by atoms with Crippen molar-refractivity contribution >= 4 is 14.1 Å². The Balaban J connectivity index is 1.81. The van der Waals surface area contributed by atoms with E-state index in [1.165, 1.54) is 11.1 Å². The van der Waals surface area contributed by atoms with E-state index in [0.717, 1.165) is 38.5 Å². The summed E-state index contributed by atoms with van der Waals surface area (Å²) in [6.07, 6.45) is 6.27. The number of Topliss-reactive ketones (excluding diaryl/α,β-unsaturated/α-hetero) is 1. The van der Waals surface area contributed by atoms with Gasteiger partial charge in [-0.15, -0.1) is 0 Å². The number of carbonyl (C=O) groups is 1. The van der Waals surface area contributed by atoms with Crippen LogP contribution in [0.5, 0.6) is 0 Å². The molecule has 0 bridgehead atoms. The van der Waals surface area contributed by atoms with Crippen LogP contribution in [0.4, 0.5) is 0 Å². The van der Waals surface area contributed by atoms with Gasteiger partial charge in [-0.2, -0.15) is 0 Å². The van der Waals surface area contributed by atoms with Crippen LogP contribution in [0.15, 0.2) is 24.3 Å². The molecular weight excluding hydrogens is 396 g/mol. The monoisotopic (exact) mass is 442 g/mol. The lowest BCUT2D eigenvalue weighted by Crippen LogP contribution is -2.59. The molecule has 3 rings (SSSR count). The number of fused-ring (bicyclic) bond motifs is 1. The van der Waals surface area contributed by atoms with E-state index in [1.807, 2.05) is 0 Å². The summed E-state index contributed by atoms with van der Waals surface area (Å²) < 4.78 is 7.01. The molecule has 3 heteroatoms. The molecule has 0 saturated heterocycles. The first-order valence-corrected chi connectivity index (χ1v) is 15.4. The highest BCUT2D eigenvalue weighted by Gasteiger charge is 2.58. The summed E-state index contributed by atoms with van der Waals surface area (Å²) in [5, 5.41) is 0.225. The summed E-state index contributed by atoms with van der Waals surface area (Å²) in [4.78, 5) is 13.2. The third-order valence-corrected chi connectivity index (χ3v) is 13.9. The van der Waals surface area contributed by atoms with Gasteiger partial charge in [0.1, 0.15) is 5.78 Å². The smallest absolute Gasteiger partial charge is 0.192 e. The van der Waals surface area contributed by atoms with E-state index >= 15 is 0 Å². The quantitative estimate of drug-likeness (QED) is 0.436. The van der Waals surface area contributed by atoms with Gasteiger partial charge in [-0.1, -0.05) is 71.4 Å². The van der Waals surface area contributed by atoms with Crippen LogP contribution in [0.25, 0.3) is 0 Å². The number of ketones is 1. The molecule has 2 saturated carbocycles. The van der Waals surface area contributed by atoms with Gasteiger partial charge in [0.05, 0.1) is 6.10 Å². The third-order valence-electron chi connectivity index (χ3n) is 9.38. The summed E-state index contributed by atoms with van der Waals surface area (Å²) in [6.45, 7) is 21.2. The molecule has 0 amide bonds. The molecule has 0 spiro atoms. The van der Waals surface area contributed by atoms with Crippen LogP contribution >= 0.6 is 0 Å². The molecule has 0 radical (unpaired) electrons. The average Bonchev–Trinajstić information content (AvgIpc) is 2.62. The zero-order valence-electron chi connectivity index (χ0n) is 21.6. The summed E-state index contributed by atoms with van der Waals surface area (Å²) in [5.41, 5.74) is 2.87. The maximum Gasteiger partial charge on any atom is 0.192 e. The topological polar surface area (TPSA) is 26.3 Å². The van der Waals surface area contributed by atoms with Crippen molar-refractivity contribution in [1.82, 2.24) is 0 Å². The first-order chi connectivity index (χ1) is 14.2. The molecule has 0 unspecified atom stereocenters. The van der Waals surface area contributed by atoms with Crippen molar-refractivity contribution in [2.75, 3.05) is 0 Å². The van der Waals surface area contributed by atoms with Gasteiger partial charge in [-0.25, -0.2) is 0 Å². The lowest BCUT2D eigenvalue weighted by Gasteiger charge is -2.60. The van der Waals surface area contributed by atoms with Crippen molar-refractivity contribution in [3.8, 4) is 0 Å². The Hall–Kier alpha value is -0.933. The van der Waals surface area contributed by atoms with E-state index < -0.39 is 8.32 Å². The molecule has 0 N–H and O–H groups in total. The normalized spacial score (nSPS) is 31.4. The lowest BCUT2D eigenvalue weighted by molar-refractivity contribution is -0.156. The van der Waals surface area contributed by atoms with Crippen molar-refractivity contribution in [3.05, 3.63) is 35.4 Å². The Kier molecular flexibility index (Phi) is 6.73. The molecule has 4 atom stereocenters. The molecule has 2 fully saturated rings. The largest absolute Gasteiger partial charge is 0.413 e. The SMILES string of the molecule is Cc1cccc(CC[C@@H]2C(=O)CC[C@H]3C(C)(C)[C@@H](O[Si](C)(C)C(C)(C)C)CC[C@]23C)c1. The molecule has 1 aromatic rings. The molecule has 2 aliphatic carbocycles. The van der Waals surface area contributed by atoms with Crippen LogP contribution in [0.3, 0.4) is 0 Å². The van der Waals surface area contributed by atoms with Crippen molar-refractivity contribution < 1.29 is 9.22 Å². The minimum Gasteiger partial charge on any atom is -0.413 e. The maximum atomic E-state index is 13.2. The molecule has 1 aromatic carbocycles. The van der Waals surface area contributed by atoms with E-state index in [4.69, 9.17) is 4.43 Å². The van der Waals surface area contributed by atoms with E-state index in [2.05, 4.69) is 85.8 Å². The van der Waals surface area contributed by atoms with Crippen LogP contribution in [0, 0.1) is 29.6 Å². The Morgan fingerprint density at radius 2 is 1.81 bits per heavy atom. The van der Waals surface area contributed by atoms with E-state index in [-0.39, 0.29) is 21.8 Å². The molecule has 174 valence electrons. The molecule has 31 heavy (non-hydrogen) atoms. The molecule has 0 aliphatic heterocycles. The second-order valence-electron chi connectivity index (χ2n) is 12.9.